The summed E-state index contributed by atoms with van der Waals surface area (Å²) in [5.41, 5.74) is 2.62. The van der Waals surface area contributed by atoms with Crippen molar-refractivity contribution < 1.29 is 14.4 Å². The first kappa shape index (κ1) is 19.6. The van der Waals surface area contributed by atoms with E-state index in [1.54, 1.807) is 49.5 Å². The lowest BCUT2D eigenvalue weighted by Crippen LogP contribution is -2.25. The van der Waals surface area contributed by atoms with Gasteiger partial charge in [-0.2, -0.15) is 0 Å². The van der Waals surface area contributed by atoms with E-state index in [1.165, 1.54) is 10.8 Å². The first-order chi connectivity index (χ1) is 14.4. The van der Waals surface area contributed by atoms with Crippen molar-refractivity contribution >= 4 is 23.3 Å². The number of aromatic nitrogens is 2. The summed E-state index contributed by atoms with van der Waals surface area (Å²) < 4.78 is 1.48. The minimum Gasteiger partial charge on any atom is -0.349 e. The molecule has 2 amide bonds. The van der Waals surface area contributed by atoms with Crippen molar-refractivity contribution in [1.29, 1.82) is 0 Å². The molecule has 0 radical (unpaired) electrons. The van der Waals surface area contributed by atoms with Crippen LogP contribution in [0.5, 0.6) is 0 Å². The number of nitrogens with one attached hydrogen (secondary N) is 2. The van der Waals surface area contributed by atoms with Gasteiger partial charge in [0.2, 0.25) is 5.78 Å². The number of amides is 2. The van der Waals surface area contributed by atoms with Gasteiger partial charge in [0.05, 0.1) is 6.20 Å². The van der Waals surface area contributed by atoms with Crippen molar-refractivity contribution in [3.8, 4) is 0 Å². The van der Waals surface area contributed by atoms with Crippen LogP contribution in [0.3, 0.4) is 0 Å². The molecule has 2 N–H and O–H groups in total. The summed E-state index contributed by atoms with van der Waals surface area (Å²) >= 11 is 0. The Morgan fingerprint density at radius 2 is 1.73 bits per heavy atom. The fraction of sp³-hybridized carbons (Fsp3) is 0.217. The molecule has 1 aliphatic carbocycles. The van der Waals surface area contributed by atoms with Crippen molar-refractivity contribution in [1.82, 2.24) is 14.9 Å². The van der Waals surface area contributed by atoms with Crippen LogP contribution in [-0.2, 0) is 7.05 Å². The molecular weight excluding hydrogens is 380 g/mol. The third-order valence-corrected chi connectivity index (χ3v) is 5.12. The van der Waals surface area contributed by atoms with Crippen LogP contribution < -0.4 is 10.6 Å². The molecule has 1 aliphatic rings. The Bertz CT molecular complexity index is 1130. The normalized spacial score (nSPS) is 13.0. The number of nitrogens with zero attached hydrogens (tertiary/aromatic N) is 2. The Hall–Kier alpha value is -3.74. The van der Waals surface area contributed by atoms with Crippen molar-refractivity contribution in [2.24, 2.45) is 7.05 Å². The molecule has 7 nitrogen and oxygen atoms in total. The number of ketones is 1. The molecule has 0 spiro atoms. The zero-order chi connectivity index (χ0) is 21.3. The molecule has 2 aromatic carbocycles. The maximum absolute atomic E-state index is 12.8. The number of hydrogen-bond donors (Lipinski definition) is 2. The summed E-state index contributed by atoms with van der Waals surface area (Å²) in [7, 11) is 1.63. The summed E-state index contributed by atoms with van der Waals surface area (Å²) in [5.74, 6) is -0.628. The minimum atomic E-state index is -0.403. The molecule has 1 heterocycles. The van der Waals surface area contributed by atoms with Crippen LogP contribution in [0.1, 0.15) is 55.4 Å². The Morgan fingerprint density at radius 1 is 1.00 bits per heavy atom. The number of carbonyl (C=O) groups excluding carboxylic acids is 3. The molecule has 30 heavy (non-hydrogen) atoms. The highest BCUT2D eigenvalue weighted by Gasteiger charge is 2.24. The monoisotopic (exact) mass is 402 g/mol. The van der Waals surface area contributed by atoms with Crippen molar-refractivity contribution in [3.05, 3.63) is 82.9 Å². The number of rotatable bonds is 6. The highest BCUT2D eigenvalue weighted by molar-refractivity contribution is 6.09. The molecule has 1 fully saturated rings. The molecule has 0 aliphatic heterocycles. The number of imidazole rings is 1. The summed E-state index contributed by atoms with van der Waals surface area (Å²) in [4.78, 5) is 42.0. The molecule has 152 valence electrons. The molecule has 0 saturated heterocycles. The van der Waals surface area contributed by atoms with Crippen LogP contribution in [0.2, 0.25) is 0 Å². The standard InChI is InChI=1S/C23H22N4O3/c1-14-8-9-16(22(29)25-17-10-11-17)12-18(14)26-23(30)19-13-24-21(27(19)2)20(28)15-6-4-3-5-7-15/h3-9,12-13,17H,10-11H2,1-2H3,(H,25,29)(H,26,30). The average Bonchev–Trinajstić information content (AvgIpc) is 3.48. The number of aryl methyl sites for hydroxylation is 1. The lowest BCUT2D eigenvalue weighted by molar-refractivity contribution is 0.0948. The fourth-order valence-corrected chi connectivity index (χ4v) is 3.13. The van der Waals surface area contributed by atoms with Gasteiger partial charge < -0.3 is 15.2 Å². The molecule has 4 rings (SSSR count). The second-order valence-corrected chi connectivity index (χ2v) is 7.45. The molecule has 7 heteroatoms. The molecule has 0 unspecified atom stereocenters. The maximum atomic E-state index is 12.8. The first-order valence-electron chi connectivity index (χ1n) is 9.78. The Balaban J connectivity index is 1.54. The Kier molecular flexibility index (Phi) is 5.18. The molecule has 3 aromatic rings. The van der Waals surface area contributed by atoms with Crippen molar-refractivity contribution in [3.63, 3.8) is 0 Å². The third kappa shape index (κ3) is 4.00. The predicted octanol–water partition coefficient (Wildman–Crippen LogP) is 3.10. The first-order valence-corrected chi connectivity index (χ1v) is 9.78. The van der Waals surface area contributed by atoms with Crippen molar-refractivity contribution in [2.75, 3.05) is 5.32 Å². The van der Waals surface area contributed by atoms with E-state index >= 15 is 0 Å². The Morgan fingerprint density at radius 3 is 2.43 bits per heavy atom. The number of benzene rings is 2. The zero-order valence-corrected chi connectivity index (χ0v) is 16.8. The van der Waals surface area contributed by atoms with Crippen LogP contribution in [0.25, 0.3) is 0 Å². The largest absolute Gasteiger partial charge is 0.349 e. The quantitative estimate of drug-likeness (QED) is 0.620. The maximum Gasteiger partial charge on any atom is 0.273 e. The zero-order valence-electron chi connectivity index (χ0n) is 16.8. The van der Waals surface area contributed by atoms with Gasteiger partial charge in [-0.25, -0.2) is 4.98 Å². The van der Waals surface area contributed by atoms with Crippen LogP contribution in [0.4, 0.5) is 5.69 Å². The van der Waals surface area contributed by atoms with Gasteiger partial charge in [0.1, 0.15) is 5.69 Å². The Labute approximate surface area is 174 Å². The lowest BCUT2D eigenvalue weighted by Gasteiger charge is -2.11. The van der Waals surface area contributed by atoms with Gasteiger partial charge in [0.25, 0.3) is 11.8 Å². The molecule has 1 saturated carbocycles. The van der Waals surface area contributed by atoms with Crippen LogP contribution in [0, 0.1) is 6.92 Å². The number of carbonyl (C=O) groups is 3. The minimum absolute atomic E-state index is 0.149. The summed E-state index contributed by atoms with van der Waals surface area (Å²) in [6.07, 6.45) is 3.39. The smallest absolute Gasteiger partial charge is 0.273 e. The van der Waals surface area contributed by atoms with Gasteiger partial charge >= 0.3 is 0 Å². The van der Waals surface area contributed by atoms with Crippen molar-refractivity contribution in [2.45, 2.75) is 25.8 Å². The second kappa shape index (κ2) is 7.94. The number of hydrogen-bond acceptors (Lipinski definition) is 4. The number of anilines is 1. The van der Waals surface area contributed by atoms with E-state index in [2.05, 4.69) is 15.6 Å². The van der Waals surface area contributed by atoms with Gasteiger partial charge in [-0.1, -0.05) is 36.4 Å². The highest BCUT2D eigenvalue weighted by atomic mass is 16.2. The second-order valence-electron chi connectivity index (χ2n) is 7.45. The van der Waals surface area contributed by atoms with Crippen LogP contribution in [-0.4, -0.2) is 33.2 Å². The topological polar surface area (TPSA) is 93.1 Å². The van der Waals surface area contributed by atoms with E-state index in [1.807, 2.05) is 13.0 Å². The summed E-state index contributed by atoms with van der Waals surface area (Å²) in [6, 6.07) is 14.3. The highest BCUT2D eigenvalue weighted by Crippen LogP contribution is 2.22. The van der Waals surface area contributed by atoms with Gasteiger partial charge in [0, 0.05) is 29.9 Å². The van der Waals surface area contributed by atoms with E-state index in [0.29, 0.717) is 16.8 Å². The van der Waals surface area contributed by atoms with E-state index in [9.17, 15) is 14.4 Å². The van der Waals surface area contributed by atoms with E-state index in [0.717, 1.165) is 18.4 Å². The van der Waals surface area contributed by atoms with Gasteiger partial charge in [-0.05, 0) is 37.5 Å². The van der Waals surface area contributed by atoms with E-state index in [4.69, 9.17) is 0 Å². The van der Waals surface area contributed by atoms with E-state index in [-0.39, 0.29) is 29.3 Å². The molecule has 0 atom stereocenters. The molecule has 1 aromatic heterocycles. The summed E-state index contributed by atoms with van der Waals surface area (Å²) in [5, 5.41) is 5.77. The van der Waals surface area contributed by atoms with Gasteiger partial charge in [-0.15, -0.1) is 0 Å². The average molecular weight is 402 g/mol. The lowest BCUT2D eigenvalue weighted by atomic mass is 10.1. The fourth-order valence-electron chi connectivity index (χ4n) is 3.13. The van der Waals surface area contributed by atoms with Gasteiger partial charge in [-0.3, -0.25) is 14.4 Å². The van der Waals surface area contributed by atoms with Crippen LogP contribution in [0.15, 0.2) is 54.7 Å². The summed E-state index contributed by atoms with van der Waals surface area (Å²) in [6.45, 7) is 1.85. The van der Waals surface area contributed by atoms with Gasteiger partial charge in [0.15, 0.2) is 5.82 Å². The predicted molar refractivity (Wildman–Crippen MR) is 113 cm³/mol. The third-order valence-electron chi connectivity index (χ3n) is 5.12. The molecule has 0 bridgehead atoms. The van der Waals surface area contributed by atoms with E-state index < -0.39 is 5.91 Å². The molecular formula is C23H22N4O3. The SMILES string of the molecule is Cc1ccc(C(=O)NC2CC2)cc1NC(=O)c1cnc(C(=O)c2ccccc2)n1C. The van der Waals surface area contributed by atoms with Crippen LogP contribution >= 0.6 is 0 Å².